The number of aliphatic hydroxyl groups is 1. The van der Waals surface area contributed by atoms with Crippen LogP contribution in [0.25, 0.3) is 10.9 Å². The number of aromatic nitrogens is 1. The zero-order chi connectivity index (χ0) is 32.8. The number of aromatic hydroxyl groups is 1. The first kappa shape index (κ1) is 34.9. The van der Waals surface area contributed by atoms with E-state index in [4.69, 9.17) is 4.74 Å². The highest BCUT2D eigenvalue weighted by molar-refractivity contribution is 5.87. The SMILES string of the molecule is O=C(Nc1ccccc1C1CCCCC1)OC1CCN(CCCCCCCCCNCC(O)c2ccc(O)c3[nH]c(=O)ccc23)CC1. The molecule has 9 nitrogen and oxygen atoms in total. The maximum absolute atomic E-state index is 12.7. The first-order valence-electron chi connectivity index (χ1n) is 18.0. The van der Waals surface area contributed by atoms with Gasteiger partial charge in [0, 0.05) is 36.8 Å². The van der Waals surface area contributed by atoms with Crippen LogP contribution in [0.1, 0.15) is 113 Å². The van der Waals surface area contributed by atoms with Crippen molar-refractivity contribution in [2.45, 2.75) is 108 Å². The number of aliphatic hydroxyl groups excluding tert-OH is 1. The smallest absolute Gasteiger partial charge is 0.411 e. The predicted octanol–water partition coefficient (Wildman–Crippen LogP) is 7.35. The highest BCUT2D eigenvalue weighted by Gasteiger charge is 2.24. The molecular weight excluding hydrogens is 592 g/mol. The van der Waals surface area contributed by atoms with Gasteiger partial charge >= 0.3 is 6.09 Å². The Morgan fingerprint density at radius 3 is 2.40 bits per heavy atom. The number of rotatable bonds is 16. The van der Waals surface area contributed by atoms with E-state index in [2.05, 4.69) is 32.7 Å². The molecule has 2 aromatic carbocycles. The molecule has 3 aromatic rings. The molecule has 9 heteroatoms. The number of carbonyl (C=O) groups excluding carboxylic acids is 1. The first-order valence-corrected chi connectivity index (χ1v) is 18.0. The summed E-state index contributed by atoms with van der Waals surface area (Å²) in [5, 5.41) is 27.8. The number of hydrogen-bond donors (Lipinski definition) is 5. The van der Waals surface area contributed by atoms with Crippen molar-refractivity contribution in [3.63, 3.8) is 0 Å². The molecule has 1 aliphatic carbocycles. The maximum atomic E-state index is 12.7. The molecule has 5 rings (SSSR count). The summed E-state index contributed by atoms with van der Waals surface area (Å²) in [6.07, 6.45) is 15.4. The Morgan fingerprint density at radius 1 is 0.894 bits per heavy atom. The fraction of sp³-hybridized carbons (Fsp3) is 0.579. The molecule has 2 fully saturated rings. The van der Waals surface area contributed by atoms with Gasteiger partial charge in [0.2, 0.25) is 5.56 Å². The summed E-state index contributed by atoms with van der Waals surface area (Å²) in [4.78, 5) is 29.5. The number of anilines is 1. The van der Waals surface area contributed by atoms with Crippen LogP contribution < -0.4 is 16.2 Å². The number of H-pyrrole nitrogens is 1. The molecule has 0 radical (unpaired) electrons. The zero-order valence-corrected chi connectivity index (χ0v) is 27.9. The van der Waals surface area contributed by atoms with E-state index < -0.39 is 6.10 Å². The Bertz CT molecular complexity index is 1460. The Kier molecular flexibility index (Phi) is 13.5. The number of likely N-dealkylation sites (tertiary alicyclic amines) is 1. The van der Waals surface area contributed by atoms with E-state index in [-0.39, 0.29) is 23.5 Å². The second kappa shape index (κ2) is 18.2. The topological polar surface area (TPSA) is 127 Å². The van der Waals surface area contributed by atoms with Gasteiger partial charge in [-0.3, -0.25) is 10.1 Å². The van der Waals surface area contributed by atoms with Crippen molar-refractivity contribution in [3.05, 3.63) is 70.0 Å². The third kappa shape index (κ3) is 10.5. The van der Waals surface area contributed by atoms with Gasteiger partial charge in [0.1, 0.15) is 11.9 Å². The number of benzene rings is 2. The second-order valence-corrected chi connectivity index (χ2v) is 13.5. The summed E-state index contributed by atoms with van der Waals surface area (Å²) in [6, 6.07) is 14.5. The van der Waals surface area contributed by atoms with Gasteiger partial charge in [0.25, 0.3) is 0 Å². The van der Waals surface area contributed by atoms with E-state index in [0.717, 1.165) is 51.1 Å². The number of unbranched alkanes of at least 4 members (excludes halogenated alkanes) is 6. The number of phenolic OH excluding ortho intramolecular Hbond substituents is 1. The molecule has 1 amide bonds. The number of amides is 1. The lowest BCUT2D eigenvalue weighted by atomic mass is 9.83. The molecule has 2 heterocycles. The molecule has 2 aliphatic rings. The number of fused-ring (bicyclic) bond motifs is 1. The highest BCUT2D eigenvalue weighted by Crippen LogP contribution is 2.36. The highest BCUT2D eigenvalue weighted by atomic mass is 16.6. The van der Waals surface area contributed by atoms with Crippen molar-refractivity contribution in [1.29, 1.82) is 0 Å². The summed E-state index contributed by atoms with van der Waals surface area (Å²) < 4.78 is 5.83. The fourth-order valence-corrected chi connectivity index (χ4v) is 7.29. The molecule has 1 unspecified atom stereocenters. The van der Waals surface area contributed by atoms with Gasteiger partial charge in [-0.25, -0.2) is 4.79 Å². The predicted molar refractivity (Wildman–Crippen MR) is 188 cm³/mol. The maximum Gasteiger partial charge on any atom is 0.411 e. The van der Waals surface area contributed by atoms with Crippen LogP contribution in [0.5, 0.6) is 5.75 Å². The van der Waals surface area contributed by atoms with Crippen LogP contribution in [0.4, 0.5) is 10.5 Å². The van der Waals surface area contributed by atoms with Gasteiger partial charge in [-0.2, -0.15) is 0 Å². The molecule has 0 spiro atoms. The lowest BCUT2D eigenvalue weighted by Gasteiger charge is -2.31. The van der Waals surface area contributed by atoms with E-state index in [9.17, 15) is 19.8 Å². The lowest BCUT2D eigenvalue weighted by Crippen LogP contribution is -2.38. The number of piperidine rings is 1. The quantitative estimate of drug-likeness (QED) is 0.103. The van der Waals surface area contributed by atoms with Crippen LogP contribution in [0.15, 0.2) is 53.3 Å². The minimum atomic E-state index is -0.722. The van der Waals surface area contributed by atoms with Crippen LogP contribution in [-0.4, -0.2) is 65.0 Å². The Balaban J connectivity index is 0.866. The third-order valence-corrected chi connectivity index (χ3v) is 9.98. The van der Waals surface area contributed by atoms with Crippen molar-refractivity contribution >= 4 is 22.7 Å². The summed E-state index contributed by atoms with van der Waals surface area (Å²) in [6.45, 7) is 4.36. The molecule has 47 heavy (non-hydrogen) atoms. The molecular formula is C38H54N4O5. The molecule has 1 saturated carbocycles. The monoisotopic (exact) mass is 646 g/mol. The molecule has 5 N–H and O–H groups in total. The fourth-order valence-electron chi connectivity index (χ4n) is 7.29. The van der Waals surface area contributed by atoms with E-state index in [1.807, 2.05) is 12.1 Å². The van der Waals surface area contributed by atoms with Crippen molar-refractivity contribution < 1.29 is 19.7 Å². The summed E-state index contributed by atoms with van der Waals surface area (Å²) in [7, 11) is 0. The first-order chi connectivity index (χ1) is 23.0. The largest absolute Gasteiger partial charge is 0.506 e. The van der Waals surface area contributed by atoms with Crippen LogP contribution >= 0.6 is 0 Å². The summed E-state index contributed by atoms with van der Waals surface area (Å²) >= 11 is 0. The molecule has 1 saturated heterocycles. The van der Waals surface area contributed by atoms with E-state index in [1.165, 1.54) is 88.3 Å². The number of nitrogens with zero attached hydrogens (tertiary/aromatic N) is 1. The van der Waals surface area contributed by atoms with Gasteiger partial charge in [-0.05, 0) is 86.9 Å². The van der Waals surface area contributed by atoms with Gasteiger partial charge < -0.3 is 30.2 Å². The minimum absolute atomic E-state index is 0.000962. The van der Waals surface area contributed by atoms with Crippen LogP contribution in [0.2, 0.25) is 0 Å². The lowest BCUT2D eigenvalue weighted by molar-refractivity contribution is 0.0584. The van der Waals surface area contributed by atoms with Gasteiger partial charge in [-0.15, -0.1) is 0 Å². The van der Waals surface area contributed by atoms with Gasteiger partial charge in [0.05, 0.1) is 11.6 Å². The van der Waals surface area contributed by atoms with E-state index >= 15 is 0 Å². The normalized spacial score (nSPS) is 17.1. The molecule has 1 aliphatic heterocycles. The number of phenols is 1. The van der Waals surface area contributed by atoms with Gasteiger partial charge in [0.15, 0.2) is 0 Å². The van der Waals surface area contributed by atoms with Gasteiger partial charge in [-0.1, -0.05) is 75.6 Å². The number of carbonyl (C=O) groups is 1. The Morgan fingerprint density at radius 2 is 1.62 bits per heavy atom. The molecule has 1 atom stereocenters. The Labute approximate surface area is 279 Å². The van der Waals surface area contributed by atoms with Crippen LogP contribution in [0.3, 0.4) is 0 Å². The zero-order valence-electron chi connectivity index (χ0n) is 27.9. The number of pyridine rings is 1. The van der Waals surface area contributed by atoms with Crippen molar-refractivity contribution in [2.24, 2.45) is 0 Å². The number of nitrogens with one attached hydrogen (secondary N) is 3. The summed E-state index contributed by atoms with van der Waals surface area (Å²) in [5.74, 6) is 0.537. The molecule has 256 valence electrons. The summed E-state index contributed by atoms with van der Waals surface area (Å²) in [5.41, 5.74) is 2.93. The molecule has 0 bridgehead atoms. The Hall–Kier alpha value is -3.40. The van der Waals surface area contributed by atoms with Crippen molar-refractivity contribution in [2.75, 3.05) is 38.0 Å². The van der Waals surface area contributed by atoms with E-state index in [1.54, 1.807) is 12.1 Å². The second-order valence-electron chi connectivity index (χ2n) is 13.5. The van der Waals surface area contributed by atoms with Crippen LogP contribution in [-0.2, 0) is 4.74 Å². The standard InChI is InChI=1S/C38H54N4O5/c43-34-19-17-31(32-18-20-36(45)41-37(32)34)35(44)27-39-23-11-4-2-1-3-5-12-24-42-25-21-29(22-26-42)47-38(46)40-33-16-10-9-15-30(33)28-13-7-6-8-14-28/h9-10,15-20,28-29,35,39,43-44H,1-8,11-14,21-27H2,(H,40,46)(H,41,45). The third-order valence-electron chi connectivity index (χ3n) is 9.98. The number of aromatic amines is 1. The van der Waals surface area contributed by atoms with Crippen LogP contribution in [0, 0.1) is 0 Å². The number of ether oxygens (including phenoxy) is 1. The average molecular weight is 647 g/mol. The van der Waals surface area contributed by atoms with Crippen molar-refractivity contribution in [3.8, 4) is 5.75 Å². The molecule has 1 aromatic heterocycles. The minimum Gasteiger partial charge on any atom is -0.506 e. The number of para-hydroxylation sites is 1. The van der Waals surface area contributed by atoms with E-state index in [0.29, 0.717) is 28.9 Å². The van der Waals surface area contributed by atoms with Crippen molar-refractivity contribution in [1.82, 2.24) is 15.2 Å². The number of hydrogen-bond acceptors (Lipinski definition) is 7. The average Bonchev–Trinajstić information content (AvgIpc) is 3.09.